The number of aryl methyl sites for hydroxylation is 1. The second-order valence-corrected chi connectivity index (χ2v) is 8.20. The molecule has 0 aliphatic carbocycles. The number of hydrogen-bond donors (Lipinski definition) is 2. The van der Waals surface area contributed by atoms with E-state index in [2.05, 4.69) is 38.3 Å². The van der Waals surface area contributed by atoms with Crippen LogP contribution < -0.4 is 10.6 Å². The molecule has 0 amide bonds. The van der Waals surface area contributed by atoms with Gasteiger partial charge in [0.1, 0.15) is 11.9 Å². The van der Waals surface area contributed by atoms with Crippen LogP contribution >= 0.6 is 12.4 Å². The first-order chi connectivity index (χ1) is 15.6. The Morgan fingerprint density at radius 2 is 1.82 bits per heavy atom. The summed E-state index contributed by atoms with van der Waals surface area (Å²) in [5.41, 5.74) is 10.8. The van der Waals surface area contributed by atoms with Gasteiger partial charge in [0.05, 0.1) is 16.6 Å². The minimum Gasteiger partial charge on any atom is -0.399 e. The average Bonchev–Trinajstić information content (AvgIpc) is 3.19. The van der Waals surface area contributed by atoms with Crippen LogP contribution in [-0.4, -0.2) is 28.3 Å². The van der Waals surface area contributed by atoms with Gasteiger partial charge in [-0.25, -0.2) is 9.37 Å². The van der Waals surface area contributed by atoms with Crippen LogP contribution in [-0.2, 0) is 0 Å². The molecule has 3 N–H and O–H groups in total. The van der Waals surface area contributed by atoms with E-state index >= 15 is 0 Å². The van der Waals surface area contributed by atoms with Crippen molar-refractivity contribution in [1.82, 2.24) is 15.2 Å². The Morgan fingerprint density at radius 3 is 2.48 bits per heavy atom. The molecule has 3 heterocycles. The Kier molecular flexibility index (Phi) is 6.21. The van der Waals surface area contributed by atoms with Gasteiger partial charge in [0.2, 0.25) is 0 Å². The molecular formula is C25H24ClFN6. The van der Waals surface area contributed by atoms with E-state index in [9.17, 15) is 9.65 Å². The van der Waals surface area contributed by atoms with E-state index in [-0.39, 0.29) is 23.7 Å². The van der Waals surface area contributed by atoms with E-state index in [0.717, 1.165) is 29.7 Å². The lowest BCUT2D eigenvalue weighted by molar-refractivity contribution is 0.578. The number of nitrogens with zero attached hydrogens (tertiary/aromatic N) is 4. The Balaban J connectivity index is 0.00000259. The number of H-pyrrole nitrogens is 1. The standard InChI is InChI=1S/C25H23FN6.ClH/c1-15-22-23(16-5-8-18(9-6-16)32-11-3-2-4-12-32)20(14-27)24(29-25(22)31-30-15)19-10-7-17(28)13-21(19)26;/h5-10,13H,2-4,11-12,28H2,1H3,(H,29,30,31);1H. The molecule has 0 spiro atoms. The SMILES string of the molecule is Cc1[nH]nc2nc(-c3ccc(N)cc3F)c(C#N)c(-c3ccc(N4CCCCC4)cc3)c12.Cl. The summed E-state index contributed by atoms with van der Waals surface area (Å²) < 4.78 is 14.8. The number of nitrogens with two attached hydrogens (primary N) is 1. The third-order valence-electron chi connectivity index (χ3n) is 6.12. The highest BCUT2D eigenvalue weighted by molar-refractivity contribution is 6.01. The highest BCUT2D eigenvalue weighted by atomic mass is 35.5. The van der Waals surface area contributed by atoms with Crippen molar-refractivity contribution in [3.05, 3.63) is 59.5 Å². The van der Waals surface area contributed by atoms with E-state index in [4.69, 9.17) is 5.73 Å². The molecule has 168 valence electrons. The predicted molar refractivity (Wildman–Crippen MR) is 132 cm³/mol. The molecule has 1 aliphatic rings. The lowest BCUT2D eigenvalue weighted by Gasteiger charge is -2.29. The van der Waals surface area contributed by atoms with Gasteiger partial charge >= 0.3 is 0 Å². The molecule has 4 aromatic rings. The summed E-state index contributed by atoms with van der Waals surface area (Å²) in [5, 5.41) is 18.2. The number of fused-ring (bicyclic) bond motifs is 1. The molecule has 6 nitrogen and oxygen atoms in total. The Labute approximate surface area is 197 Å². The van der Waals surface area contributed by atoms with Gasteiger partial charge in [-0.3, -0.25) is 5.10 Å². The van der Waals surface area contributed by atoms with Gasteiger partial charge in [-0.2, -0.15) is 10.4 Å². The fraction of sp³-hybridized carbons (Fsp3) is 0.240. The van der Waals surface area contributed by atoms with Crippen molar-refractivity contribution < 1.29 is 4.39 Å². The maximum atomic E-state index is 14.8. The summed E-state index contributed by atoms with van der Waals surface area (Å²) >= 11 is 0. The number of aromatic amines is 1. The smallest absolute Gasteiger partial charge is 0.182 e. The molecule has 1 fully saturated rings. The summed E-state index contributed by atoms with van der Waals surface area (Å²) in [6.45, 7) is 4.01. The zero-order valence-electron chi connectivity index (χ0n) is 18.2. The van der Waals surface area contributed by atoms with Gasteiger partial charge < -0.3 is 10.6 Å². The molecular weight excluding hydrogens is 439 g/mol. The van der Waals surface area contributed by atoms with E-state index in [1.165, 1.54) is 31.0 Å². The van der Waals surface area contributed by atoms with Crippen LogP contribution in [0.2, 0.25) is 0 Å². The van der Waals surface area contributed by atoms with Crippen molar-refractivity contribution in [2.75, 3.05) is 23.7 Å². The molecule has 2 aromatic heterocycles. The maximum absolute atomic E-state index is 14.8. The average molecular weight is 463 g/mol. The highest BCUT2D eigenvalue weighted by Gasteiger charge is 2.23. The molecule has 0 bridgehead atoms. The van der Waals surface area contributed by atoms with Crippen LogP contribution in [0.15, 0.2) is 42.5 Å². The van der Waals surface area contributed by atoms with Crippen molar-refractivity contribution in [3.8, 4) is 28.5 Å². The van der Waals surface area contributed by atoms with Crippen molar-refractivity contribution in [2.24, 2.45) is 0 Å². The topological polar surface area (TPSA) is 94.6 Å². The number of anilines is 2. The number of nitrogen functional groups attached to an aromatic ring is 1. The predicted octanol–water partition coefficient (Wildman–Crippen LogP) is 5.61. The van der Waals surface area contributed by atoms with Crippen LogP contribution in [0, 0.1) is 24.1 Å². The fourth-order valence-electron chi connectivity index (χ4n) is 4.51. The van der Waals surface area contributed by atoms with Crippen molar-refractivity contribution in [1.29, 1.82) is 5.26 Å². The summed E-state index contributed by atoms with van der Waals surface area (Å²) in [6.07, 6.45) is 3.69. The van der Waals surface area contributed by atoms with Gasteiger partial charge in [-0.1, -0.05) is 12.1 Å². The zero-order chi connectivity index (χ0) is 22.2. The van der Waals surface area contributed by atoms with Crippen LogP contribution in [0.5, 0.6) is 0 Å². The number of nitriles is 1. The minimum atomic E-state index is -0.521. The van der Waals surface area contributed by atoms with E-state index in [1.54, 1.807) is 12.1 Å². The second kappa shape index (κ2) is 9.08. The van der Waals surface area contributed by atoms with Gasteiger partial charge in [-0.15, -0.1) is 12.4 Å². The molecule has 0 saturated carbocycles. The maximum Gasteiger partial charge on any atom is 0.182 e. The molecule has 2 aromatic carbocycles. The minimum absolute atomic E-state index is 0. The summed E-state index contributed by atoms with van der Waals surface area (Å²) in [5.74, 6) is -0.521. The van der Waals surface area contributed by atoms with Crippen LogP contribution in [0.1, 0.15) is 30.5 Å². The first-order valence-electron chi connectivity index (χ1n) is 10.8. The number of piperidine rings is 1. The van der Waals surface area contributed by atoms with Crippen molar-refractivity contribution in [2.45, 2.75) is 26.2 Å². The largest absolute Gasteiger partial charge is 0.399 e. The quantitative estimate of drug-likeness (QED) is 0.386. The molecule has 0 radical (unpaired) electrons. The fourth-order valence-corrected chi connectivity index (χ4v) is 4.51. The van der Waals surface area contributed by atoms with Gasteiger partial charge in [0.25, 0.3) is 0 Å². The molecule has 33 heavy (non-hydrogen) atoms. The number of halogens is 2. The molecule has 5 rings (SSSR count). The third-order valence-corrected chi connectivity index (χ3v) is 6.12. The highest BCUT2D eigenvalue weighted by Crippen LogP contribution is 2.39. The lowest BCUT2D eigenvalue weighted by Crippen LogP contribution is -2.29. The van der Waals surface area contributed by atoms with Gasteiger partial charge in [-0.05, 0) is 62.1 Å². The molecule has 1 saturated heterocycles. The van der Waals surface area contributed by atoms with E-state index < -0.39 is 5.82 Å². The molecule has 0 atom stereocenters. The molecule has 8 heteroatoms. The zero-order valence-corrected chi connectivity index (χ0v) is 19.0. The normalized spacial score (nSPS) is 13.5. The third kappa shape index (κ3) is 3.98. The molecule has 1 aliphatic heterocycles. The van der Waals surface area contributed by atoms with Crippen LogP contribution in [0.4, 0.5) is 15.8 Å². The number of benzene rings is 2. The summed E-state index contributed by atoms with van der Waals surface area (Å²) in [7, 11) is 0. The first kappa shape index (κ1) is 22.6. The van der Waals surface area contributed by atoms with Gasteiger partial charge in [0.15, 0.2) is 5.65 Å². The molecule has 0 unspecified atom stereocenters. The number of rotatable bonds is 3. The summed E-state index contributed by atoms with van der Waals surface area (Å²) in [4.78, 5) is 6.94. The van der Waals surface area contributed by atoms with E-state index in [1.807, 2.05) is 19.1 Å². The first-order valence-corrected chi connectivity index (χ1v) is 10.8. The Bertz CT molecular complexity index is 1350. The monoisotopic (exact) mass is 462 g/mol. The number of hydrogen-bond acceptors (Lipinski definition) is 5. The van der Waals surface area contributed by atoms with Crippen molar-refractivity contribution >= 4 is 34.8 Å². The number of aromatic nitrogens is 3. The van der Waals surface area contributed by atoms with Gasteiger partial charge in [0, 0.05) is 41.3 Å². The lowest BCUT2D eigenvalue weighted by atomic mass is 9.93. The Morgan fingerprint density at radius 1 is 1.09 bits per heavy atom. The van der Waals surface area contributed by atoms with Crippen LogP contribution in [0.25, 0.3) is 33.4 Å². The summed E-state index contributed by atoms with van der Waals surface area (Å²) in [6, 6.07) is 14.9. The Hall–Kier alpha value is -3.63. The van der Waals surface area contributed by atoms with E-state index in [0.29, 0.717) is 22.5 Å². The second-order valence-electron chi connectivity index (χ2n) is 8.20. The van der Waals surface area contributed by atoms with Crippen molar-refractivity contribution in [3.63, 3.8) is 0 Å². The number of pyridine rings is 1. The van der Waals surface area contributed by atoms with Crippen LogP contribution in [0.3, 0.4) is 0 Å². The number of nitrogens with one attached hydrogen (secondary N) is 1.